The van der Waals surface area contributed by atoms with Crippen molar-refractivity contribution in [1.29, 1.82) is 5.41 Å². The van der Waals surface area contributed by atoms with Gasteiger partial charge in [-0.3, -0.25) is 0 Å². The average Bonchev–Trinajstić information content (AvgIpc) is 2.72. The van der Waals surface area contributed by atoms with Gasteiger partial charge in [-0.05, 0) is 70.4 Å². The third-order valence-electron chi connectivity index (χ3n) is 5.87. The van der Waals surface area contributed by atoms with E-state index in [4.69, 9.17) is 15.9 Å². The van der Waals surface area contributed by atoms with Gasteiger partial charge < -0.3 is 26.1 Å². The van der Waals surface area contributed by atoms with Gasteiger partial charge in [-0.25, -0.2) is 0 Å². The molecular formula is C24H34N6O. The summed E-state index contributed by atoms with van der Waals surface area (Å²) >= 11 is 0. The first-order valence-electron chi connectivity index (χ1n) is 10.6. The zero-order valence-electron chi connectivity index (χ0n) is 19.4. The summed E-state index contributed by atoms with van der Waals surface area (Å²) in [6.45, 7) is 9.01. The molecular weight excluding hydrogens is 388 g/mol. The molecule has 0 unspecified atom stereocenters. The van der Waals surface area contributed by atoms with Crippen LogP contribution in [0.3, 0.4) is 0 Å². The molecule has 1 aromatic carbocycles. The molecule has 1 aliphatic heterocycles. The molecule has 0 spiro atoms. The second kappa shape index (κ2) is 8.67. The van der Waals surface area contributed by atoms with Crippen LogP contribution < -0.4 is 20.7 Å². The fraction of sp³-hybridized carbons (Fsp3) is 0.458. The average molecular weight is 423 g/mol. The van der Waals surface area contributed by atoms with E-state index in [1.807, 2.05) is 30.3 Å². The minimum Gasteiger partial charge on any atom is -0.496 e. The third-order valence-corrected chi connectivity index (χ3v) is 5.87. The highest BCUT2D eigenvalue weighted by Crippen LogP contribution is 2.34. The van der Waals surface area contributed by atoms with Crippen LogP contribution in [0.5, 0.6) is 5.75 Å². The van der Waals surface area contributed by atoms with Gasteiger partial charge in [-0.1, -0.05) is 6.07 Å². The molecule has 7 heteroatoms. The van der Waals surface area contributed by atoms with Gasteiger partial charge >= 0.3 is 0 Å². The molecule has 0 atom stereocenters. The summed E-state index contributed by atoms with van der Waals surface area (Å²) in [4.78, 5) is 2.24. The molecule has 1 aromatic heterocycles. The van der Waals surface area contributed by atoms with E-state index in [2.05, 4.69) is 55.2 Å². The van der Waals surface area contributed by atoms with Crippen LogP contribution in [0.25, 0.3) is 16.8 Å². The first kappa shape index (κ1) is 22.7. The predicted molar refractivity (Wildman–Crippen MR) is 128 cm³/mol. The molecule has 0 aliphatic carbocycles. The molecule has 166 valence electrons. The Morgan fingerprint density at radius 2 is 1.84 bits per heavy atom. The molecule has 1 aliphatic rings. The van der Waals surface area contributed by atoms with E-state index >= 15 is 0 Å². The Morgan fingerprint density at radius 3 is 2.35 bits per heavy atom. The van der Waals surface area contributed by atoms with Crippen LogP contribution in [0.2, 0.25) is 0 Å². The molecule has 31 heavy (non-hydrogen) atoms. The van der Waals surface area contributed by atoms with Gasteiger partial charge in [0.05, 0.1) is 12.8 Å². The number of hydrogen-bond donors (Lipinski definition) is 3. The van der Waals surface area contributed by atoms with Crippen molar-refractivity contribution in [3.05, 3.63) is 42.1 Å². The number of aromatic nitrogens is 2. The number of benzene rings is 1. The van der Waals surface area contributed by atoms with Gasteiger partial charge in [0, 0.05) is 47.7 Å². The molecule has 4 N–H and O–H groups in total. The van der Waals surface area contributed by atoms with Gasteiger partial charge in [-0.15, -0.1) is 10.2 Å². The topological polar surface area (TPSA) is 100 Å². The highest BCUT2D eigenvalue weighted by molar-refractivity contribution is 6.08. The summed E-state index contributed by atoms with van der Waals surface area (Å²) < 4.78 is 5.57. The van der Waals surface area contributed by atoms with Gasteiger partial charge in [0.2, 0.25) is 0 Å². The number of allylic oxidation sites excluding steroid dienone is 1. The zero-order chi connectivity index (χ0) is 22.8. The van der Waals surface area contributed by atoms with E-state index in [1.54, 1.807) is 7.11 Å². The Kier molecular flexibility index (Phi) is 6.36. The maximum atomic E-state index is 7.49. The monoisotopic (exact) mass is 422 g/mol. The summed E-state index contributed by atoms with van der Waals surface area (Å²) in [6, 6.07) is 10.1. The van der Waals surface area contributed by atoms with Crippen LogP contribution in [0.15, 0.2) is 36.5 Å². The molecule has 1 saturated heterocycles. The summed E-state index contributed by atoms with van der Waals surface area (Å²) in [5, 5.41) is 20.2. The third kappa shape index (κ3) is 5.05. The number of anilines is 1. The molecule has 2 aromatic rings. The molecule has 0 amide bonds. The van der Waals surface area contributed by atoms with Gasteiger partial charge in [0.15, 0.2) is 5.82 Å². The van der Waals surface area contributed by atoms with Crippen molar-refractivity contribution in [1.82, 2.24) is 15.5 Å². The lowest BCUT2D eigenvalue weighted by molar-refractivity contribution is 0.160. The minimum atomic E-state index is 0.0659. The second-order valence-electron chi connectivity index (χ2n) is 9.52. The standard InChI is InChI=1S/C24H34N6O/c1-23(2)12-18(13-24(3,4)29-23)30(5)22-10-9-20(27-28-22)19-8-7-16(11-21(19)31-6)17(14-25)15-26/h7-11,14-15,18,25,29H,12-13,26H2,1-6H3/b17-15+,25-14?. The van der Waals surface area contributed by atoms with Gasteiger partial charge in [0.25, 0.3) is 0 Å². The van der Waals surface area contributed by atoms with E-state index in [0.717, 1.165) is 35.5 Å². The van der Waals surface area contributed by atoms with E-state index in [9.17, 15) is 0 Å². The SMILES string of the molecule is COc1cc(/C(C=N)=C/N)ccc1-c1ccc(N(C)C2CC(C)(C)NC(C)(C)C2)nn1. The van der Waals surface area contributed by atoms with Gasteiger partial charge in [0.1, 0.15) is 5.75 Å². The Morgan fingerprint density at radius 1 is 1.16 bits per heavy atom. The van der Waals surface area contributed by atoms with Crippen molar-refractivity contribution in [3.63, 3.8) is 0 Å². The Labute approximate surface area is 185 Å². The van der Waals surface area contributed by atoms with Crippen molar-refractivity contribution >= 4 is 17.6 Å². The number of nitrogens with one attached hydrogen (secondary N) is 2. The largest absolute Gasteiger partial charge is 0.496 e. The van der Waals surface area contributed by atoms with Crippen molar-refractivity contribution in [3.8, 4) is 17.0 Å². The fourth-order valence-corrected chi connectivity index (χ4v) is 4.70. The number of ether oxygens (including phenoxy) is 1. The number of piperidine rings is 1. The molecule has 0 radical (unpaired) electrons. The zero-order valence-corrected chi connectivity index (χ0v) is 19.4. The lowest BCUT2D eigenvalue weighted by Crippen LogP contribution is -2.62. The smallest absolute Gasteiger partial charge is 0.151 e. The predicted octanol–water partition coefficient (Wildman–Crippen LogP) is 3.85. The number of nitrogens with two attached hydrogens (primary N) is 1. The number of nitrogens with zero attached hydrogens (tertiary/aromatic N) is 3. The lowest BCUT2D eigenvalue weighted by Gasteiger charge is -2.49. The summed E-state index contributed by atoms with van der Waals surface area (Å²) in [7, 11) is 3.72. The van der Waals surface area contributed by atoms with Crippen LogP contribution in [0.1, 0.15) is 46.1 Å². The Balaban J connectivity index is 1.85. The van der Waals surface area contributed by atoms with Crippen molar-refractivity contribution in [2.45, 2.75) is 57.7 Å². The molecule has 1 fully saturated rings. The van der Waals surface area contributed by atoms with Crippen molar-refractivity contribution in [2.75, 3.05) is 19.1 Å². The summed E-state index contributed by atoms with van der Waals surface area (Å²) in [5.41, 5.74) is 8.77. The van der Waals surface area contributed by atoms with Crippen molar-refractivity contribution < 1.29 is 4.74 Å². The first-order chi connectivity index (χ1) is 14.6. The summed E-state index contributed by atoms with van der Waals surface area (Å²) in [5.74, 6) is 1.52. The minimum absolute atomic E-state index is 0.0659. The van der Waals surface area contributed by atoms with Gasteiger partial charge in [-0.2, -0.15) is 0 Å². The Bertz CT molecular complexity index is 949. The maximum absolute atomic E-state index is 7.49. The fourth-order valence-electron chi connectivity index (χ4n) is 4.70. The van der Waals surface area contributed by atoms with Crippen LogP contribution in [0, 0.1) is 5.41 Å². The van der Waals surface area contributed by atoms with Crippen LogP contribution >= 0.6 is 0 Å². The molecule has 0 saturated carbocycles. The number of hydrogen-bond acceptors (Lipinski definition) is 7. The highest BCUT2D eigenvalue weighted by atomic mass is 16.5. The summed E-state index contributed by atoms with van der Waals surface area (Å²) in [6.07, 6.45) is 4.71. The van der Waals surface area contributed by atoms with E-state index < -0.39 is 0 Å². The molecule has 0 bridgehead atoms. The van der Waals surface area contributed by atoms with Crippen molar-refractivity contribution in [2.24, 2.45) is 5.73 Å². The first-order valence-corrected chi connectivity index (χ1v) is 10.6. The van der Waals surface area contributed by atoms with E-state index in [1.165, 1.54) is 12.4 Å². The lowest BCUT2D eigenvalue weighted by atomic mass is 9.79. The van der Waals surface area contributed by atoms with Crippen LogP contribution in [0.4, 0.5) is 5.82 Å². The van der Waals surface area contributed by atoms with E-state index in [-0.39, 0.29) is 11.1 Å². The van der Waals surface area contributed by atoms with Crippen LogP contribution in [-0.4, -0.2) is 47.7 Å². The number of rotatable bonds is 6. The highest BCUT2D eigenvalue weighted by Gasteiger charge is 2.39. The molecule has 2 heterocycles. The number of methoxy groups -OCH3 is 1. The molecule has 7 nitrogen and oxygen atoms in total. The van der Waals surface area contributed by atoms with E-state index in [0.29, 0.717) is 17.4 Å². The Hall–Kier alpha value is -2.93. The maximum Gasteiger partial charge on any atom is 0.151 e. The normalized spacial score (nSPS) is 18.5. The molecule has 3 rings (SSSR count). The quantitative estimate of drug-likeness (QED) is 0.612. The van der Waals surface area contributed by atoms with Crippen LogP contribution in [-0.2, 0) is 0 Å². The second-order valence-corrected chi connectivity index (χ2v) is 9.52.